The van der Waals surface area contributed by atoms with Crippen LogP contribution in [0.3, 0.4) is 0 Å². The summed E-state index contributed by atoms with van der Waals surface area (Å²) in [6.07, 6.45) is 0. The van der Waals surface area contributed by atoms with Crippen LogP contribution in [0.2, 0.25) is 0 Å². The Bertz CT molecular complexity index is 1150. The first-order chi connectivity index (χ1) is 13.1. The fourth-order valence-electron chi connectivity index (χ4n) is 2.86. The molecule has 1 heterocycles. The van der Waals surface area contributed by atoms with Gasteiger partial charge in [-0.1, -0.05) is 69.7 Å². The summed E-state index contributed by atoms with van der Waals surface area (Å²) in [4.78, 5) is 18.0. The molecule has 134 valence electrons. The van der Waals surface area contributed by atoms with Gasteiger partial charge in [-0.05, 0) is 48.9 Å². The third-order valence-corrected chi connectivity index (χ3v) is 5.86. The zero-order valence-corrected chi connectivity index (χ0v) is 17.1. The maximum absolute atomic E-state index is 13.2. The van der Waals surface area contributed by atoms with Crippen molar-refractivity contribution in [3.63, 3.8) is 0 Å². The molecule has 0 bridgehead atoms. The van der Waals surface area contributed by atoms with E-state index in [1.807, 2.05) is 67.6 Å². The van der Waals surface area contributed by atoms with Crippen molar-refractivity contribution >= 4 is 38.6 Å². The number of fused-ring (bicyclic) bond motifs is 1. The van der Waals surface area contributed by atoms with Gasteiger partial charge >= 0.3 is 0 Å². The molecule has 0 aliphatic rings. The lowest BCUT2D eigenvalue weighted by Gasteiger charge is -2.13. The number of benzene rings is 3. The molecule has 0 amide bonds. The summed E-state index contributed by atoms with van der Waals surface area (Å²) in [6, 6.07) is 23.7. The molecule has 0 unspecified atom stereocenters. The molecule has 0 radical (unpaired) electrons. The average Bonchev–Trinajstić information content (AvgIpc) is 2.69. The van der Waals surface area contributed by atoms with Crippen LogP contribution in [-0.4, -0.2) is 9.55 Å². The molecular formula is C22H17BrN2OS. The molecule has 0 aliphatic heterocycles. The molecule has 1 aromatic heterocycles. The molecule has 0 N–H and O–H groups in total. The van der Waals surface area contributed by atoms with Crippen molar-refractivity contribution in [1.29, 1.82) is 0 Å². The number of aromatic nitrogens is 2. The van der Waals surface area contributed by atoms with Crippen LogP contribution in [0.5, 0.6) is 0 Å². The van der Waals surface area contributed by atoms with Gasteiger partial charge in [-0.15, -0.1) is 0 Å². The van der Waals surface area contributed by atoms with Gasteiger partial charge in [-0.3, -0.25) is 9.36 Å². The van der Waals surface area contributed by atoms with Crippen molar-refractivity contribution in [2.45, 2.75) is 17.8 Å². The number of nitrogens with zero attached hydrogens (tertiary/aromatic N) is 2. The maximum Gasteiger partial charge on any atom is 0.266 e. The molecule has 27 heavy (non-hydrogen) atoms. The predicted molar refractivity (Wildman–Crippen MR) is 116 cm³/mol. The number of hydrogen-bond donors (Lipinski definition) is 0. The van der Waals surface area contributed by atoms with Gasteiger partial charge in [0.15, 0.2) is 5.16 Å². The van der Waals surface area contributed by atoms with Crippen molar-refractivity contribution in [3.05, 3.63) is 98.7 Å². The monoisotopic (exact) mass is 436 g/mol. The number of hydrogen-bond acceptors (Lipinski definition) is 3. The van der Waals surface area contributed by atoms with Crippen LogP contribution in [0.1, 0.15) is 11.1 Å². The first kappa shape index (κ1) is 18.0. The van der Waals surface area contributed by atoms with E-state index in [0.717, 1.165) is 27.0 Å². The quantitative estimate of drug-likeness (QED) is 0.301. The summed E-state index contributed by atoms with van der Waals surface area (Å²) < 4.78 is 2.77. The molecule has 0 aliphatic carbocycles. The zero-order chi connectivity index (χ0) is 18.8. The second-order valence-electron chi connectivity index (χ2n) is 6.30. The Morgan fingerprint density at radius 3 is 2.41 bits per heavy atom. The molecule has 0 saturated heterocycles. The lowest BCUT2D eigenvalue weighted by Crippen LogP contribution is -2.21. The molecule has 3 nitrogen and oxygen atoms in total. The van der Waals surface area contributed by atoms with Crippen molar-refractivity contribution in [3.8, 4) is 5.69 Å². The van der Waals surface area contributed by atoms with E-state index in [9.17, 15) is 4.79 Å². The average molecular weight is 437 g/mol. The van der Waals surface area contributed by atoms with E-state index in [1.54, 1.807) is 16.3 Å². The minimum atomic E-state index is -0.0391. The molecule has 0 fully saturated rings. The highest BCUT2D eigenvalue weighted by molar-refractivity contribution is 9.10. The highest BCUT2D eigenvalue weighted by atomic mass is 79.9. The largest absolute Gasteiger partial charge is 0.268 e. The van der Waals surface area contributed by atoms with Gasteiger partial charge in [0.25, 0.3) is 5.56 Å². The summed E-state index contributed by atoms with van der Waals surface area (Å²) in [6.45, 7) is 2.04. The summed E-state index contributed by atoms with van der Waals surface area (Å²) in [5.74, 6) is 0.740. The van der Waals surface area contributed by atoms with E-state index in [-0.39, 0.29) is 5.56 Å². The first-order valence-electron chi connectivity index (χ1n) is 8.58. The van der Waals surface area contributed by atoms with Crippen LogP contribution in [0.25, 0.3) is 16.6 Å². The minimum absolute atomic E-state index is 0.0391. The smallest absolute Gasteiger partial charge is 0.266 e. The molecule has 3 aromatic carbocycles. The third-order valence-electron chi connectivity index (χ3n) is 4.32. The van der Waals surface area contributed by atoms with E-state index in [4.69, 9.17) is 4.98 Å². The Morgan fingerprint density at radius 1 is 0.963 bits per heavy atom. The Kier molecular flexibility index (Phi) is 5.14. The molecule has 5 heteroatoms. The summed E-state index contributed by atoms with van der Waals surface area (Å²) in [7, 11) is 0. The highest BCUT2D eigenvalue weighted by Gasteiger charge is 2.13. The van der Waals surface area contributed by atoms with Crippen molar-refractivity contribution in [2.24, 2.45) is 0 Å². The topological polar surface area (TPSA) is 34.9 Å². The van der Waals surface area contributed by atoms with Crippen LogP contribution in [-0.2, 0) is 5.75 Å². The number of halogens is 1. The van der Waals surface area contributed by atoms with Gasteiger partial charge in [0.1, 0.15) is 0 Å². The van der Waals surface area contributed by atoms with Gasteiger partial charge in [0.05, 0.1) is 16.6 Å². The summed E-state index contributed by atoms with van der Waals surface area (Å²) in [5.41, 5.74) is 3.86. The fraction of sp³-hybridized carbons (Fsp3) is 0.0909. The molecule has 4 aromatic rings. The Hall–Kier alpha value is -2.37. The van der Waals surface area contributed by atoms with E-state index >= 15 is 0 Å². The maximum atomic E-state index is 13.2. The van der Waals surface area contributed by atoms with Crippen molar-refractivity contribution in [1.82, 2.24) is 9.55 Å². The standard InChI is InChI=1S/C22H17BrN2OS/c1-15-6-12-18(13-7-15)25-21(26)19-4-2-3-5-20(19)24-22(25)27-14-16-8-10-17(23)11-9-16/h2-13H,14H2,1H3. The van der Waals surface area contributed by atoms with Gasteiger partial charge in [-0.25, -0.2) is 4.98 Å². The Morgan fingerprint density at radius 2 is 1.67 bits per heavy atom. The van der Waals surface area contributed by atoms with Crippen LogP contribution >= 0.6 is 27.7 Å². The zero-order valence-electron chi connectivity index (χ0n) is 14.7. The van der Waals surface area contributed by atoms with Crippen molar-refractivity contribution < 1.29 is 0 Å². The van der Waals surface area contributed by atoms with Crippen LogP contribution in [0.4, 0.5) is 0 Å². The number of rotatable bonds is 4. The second-order valence-corrected chi connectivity index (χ2v) is 8.16. The van der Waals surface area contributed by atoms with E-state index in [0.29, 0.717) is 10.5 Å². The Balaban J connectivity index is 1.81. The second kappa shape index (κ2) is 7.71. The number of para-hydroxylation sites is 1. The lowest BCUT2D eigenvalue weighted by molar-refractivity contribution is 0.819. The number of thioether (sulfide) groups is 1. The molecule has 0 atom stereocenters. The number of aryl methyl sites for hydroxylation is 1. The minimum Gasteiger partial charge on any atom is -0.268 e. The summed E-state index contributed by atoms with van der Waals surface area (Å²) >= 11 is 5.03. The molecular weight excluding hydrogens is 420 g/mol. The predicted octanol–water partition coefficient (Wildman–Crippen LogP) is 5.75. The summed E-state index contributed by atoms with van der Waals surface area (Å²) in [5, 5.41) is 1.33. The molecule has 0 spiro atoms. The van der Waals surface area contributed by atoms with Crippen LogP contribution in [0, 0.1) is 6.92 Å². The van der Waals surface area contributed by atoms with E-state index < -0.39 is 0 Å². The SMILES string of the molecule is Cc1ccc(-n2c(SCc3ccc(Br)cc3)nc3ccccc3c2=O)cc1. The van der Waals surface area contributed by atoms with Gasteiger partial charge in [-0.2, -0.15) is 0 Å². The van der Waals surface area contributed by atoms with Gasteiger partial charge in [0.2, 0.25) is 0 Å². The fourth-order valence-corrected chi connectivity index (χ4v) is 4.09. The molecule has 0 saturated carbocycles. The van der Waals surface area contributed by atoms with E-state index in [1.165, 1.54) is 5.56 Å². The van der Waals surface area contributed by atoms with Gasteiger partial charge in [0, 0.05) is 10.2 Å². The van der Waals surface area contributed by atoms with Gasteiger partial charge < -0.3 is 0 Å². The third kappa shape index (κ3) is 3.84. The highest BCUT2D eigenvalue weighted by Crippen LogP contribution is 2.25. The van der Waals surface area contributed by atoms with E-state index in [2.05, 4.69) is 28.1 Å². The van der Waals surface area contributed by atoms with Crippen LogP contribution < -0.4 is 5.56 Å². The Labute approximate surface area is 170 Å². The van der Waals surface area contributed by atoms with Crippen LogP contribution in [0.15, 0.2) is 87.2 Å². The lowest BCUT2D eigenvalue weighted by atomic mass is 10.2. The normalized spacial score (nSPS) is 11.0. The first-order valence-corrected chi connectivity index (χ1v) is 10.4. The molecule has 4 rings (SSSR count). The van der Waals surface area contributed by atoms with Crippen molar-refractivity contribution in [2.75, 3.05) is 0 Å².